The van der Waals surface area contributed by atoms with Gasteiger partial charge in [0.2, 0.25) is 0 Å². The number of rotatable bonds is 4. The molecule has 2 aromatic heterocycles. The quantitative estimate of drug-likeness (QED) is 0.659. The molecule has 0 spiro atoms. The maximum Gasteiger partial charge on any atom is 0.191 e. The molecule has 0 saturated carbocycles. The molecule has 0 aliphatic carbocycles. The van der Waals surface area contributed by atoms with E-state index in [1.165, 1.54) is 10.4 Å². The van der Waals surface area contributed by atoms with E-state index < -0.39 is 0 Å². The van der Waals surface area contributed by atoms with Gasteiger partial charge >= 0.3 is 0 Å². The van der Waals surface area contributed by atoms with Crippen LogP contribution < -0.4 is 10.6 Å². The molecule has 0 aromatic carbocycles. The van der Waals surface area contributed by atoms with E-state index in [9.17, 15) is 0 Å². The maximum atomic E-state index is 4.21. The summed E-state index contributed by atoms with van der Waals surface area (Å²) in [4.78, 5) is 5.53. The van der Waals surface area contributed by atoms with E-state index in [1.807, 2.05) is 18.5 Å². The first-order chi connectivity index (χ1) is 9.61. The average molecular weight is 292 g/mol. The molecule has 0 amide bonds. The Balaban J connectivity index is 1.87. The molecule has 2 N–H and O–H groups in total. The first kappa shape index (κ1) is 14.5. The molecule has 2 rings (SSSR count). The predicted molar refractivity (Wildman–Crippen MR) is 81.8 cm³/mol. The van der Waals surface area contributed by atoms with Crippen LogP contribution in [0.3, 0.4) is 0 Å². The Morgan fingerprint density at radius 2 is 2.05 bits per heavy atom. The van der Waals surface area contributed by atoms with E-state index in [2.05, 4.69) is 44.2 Å². The van der Waals surface area contributed by atoms with Gasteiger partial charge in [-0.05, 0) is 30.9 Å². The number of nitrogens with one attached hydrogen (secondary N) is 2. The van der Waals surface area contributed by atoms with E-state index in [1.54, 1.807) is 18.4 Å². The second-order valence-corrected chi connectivity index (χ2v) is 5.53. The lowest BCUT2D eigenvalue weighted by molar-refractivity contribution is 0.718. The van der Waals surface area contributed by atoms with Crippen molar-refractivity contribution < 1.29 is 0 Å². The summed E-state index contributed by atoms with van der Waals surface area (Å²) in [6.45, 7) is 5.43. The normalized spacial score (nSPS) is 11.7. The molecule has 6 nitrogen and oxygen atoms in total. The minimum atomic E-state index is 0.598. The van der Waals surface area contributed by atoms with E-state index >= 15 is 0 Å². The highest BCUT2D eigenvalue weighted by Gasteiger charge is 2.06. The summed E-state index contributed by atoms with van der Waals surface area (Å²) in [5, 5.41) is 16.8. The molecular weight excluding hydrogens is 272 g/mol. The Morgan fingerprint density at radius 3 is 2.60 bits per heavy atom. The molecule has 2 heterocycles. The maximum absolute atomic E-state index is 4.21. The summed E-state index contributed by atoms with van der Waals surface area (Å²) in [6.07, 6.45) is 0. The number of hydrogen-bond donors (Lipinski definition) is 2. The van der Waals surface area contributed by atoms with E-state index in [4.69, 9.17) is 0 Å². The molecule has 0 bridgehead atoms. The van der Waals surface area contributed by atoms with Crippen LogP contribution in [0.1, 0.15) is 22.1 Å². The molecule has 0 aliphatic rings. The fourth-order valence-electron chi connectivity index (χ4n) is 1.74. The number of thiophene rings is 1. The fourth-order valence-corrected chi connectivity index (χ4v) is 2.58. The van der Waals surface area contributed by atoms with Crippen molar-refractivity contribution in [2.75, 3.05) is 7.05 Å². The second-order valence-electron chi connectivity index (χ2n) is 4.53. The highest BCUT2D eigenvalue weighted by atomic mass is 32.1. The van der Waals surface area contributed by atoms with Gasteiger partial charge in [0.05, 0.1) is 13.1 Å². The molecule has 2 aromatic rings. The van der Waals surface area contributed by atoms with E-state index in [0.717, 1.165) is 24.2 Å². The Morgan fingerprint density at radius 1 is 1.30 bits per heavy atom. The number of nitrogens with zero attached hydrogens (tertiary/aromatic N) is 4. The van der Waals surface area contributed by atoms with Crippen LogP contribution in [0.25, 0.3) is 0 Å². The van der Waals surface area contributed by atoms with Crippen molar-refractivity contribution in [2.24, 2.45) is 12.0 Å². The lowest BCUT2D eigenvalue weighted by Crippen LogP contribution is -2.36. The van der Waals surface area contributed by atoms with Crippen molar-refractivity contribution in [3.8, 4) is 0 Å². The number of aliphatic imine (C=N–C) groups is 1. The van der Waals surface area contributed by atoms with Gasteiger partial charge in [-0.25, -0.2) is 0 Å². The Labute approximate surface area is 123 Å². The van der Waals surface area contributed by atoms with E-state index in [-0.39, 0.29) is 0 Å². The zero-order valence-electron chi connectivity index (χ0n) is 12.3. The third kappa shape index (κ3) is 3.36. The first-order valence-electron chi connectivity index (χ1n) is 6.44. The van der Waals surface area contributed by atoms with Crippen LogP contribution in [-0.2, 0) is 20.1 Å². The van der Waals surface area contributed by atoms with Crippen LogP contribution in [0.4, 0.5) is 0 Å². The van der Waals surface area contributed by atoms with Crippen LogP contribution in [0.15, 0.2) is 16.4 Å². The van der Waals surface area contributed by atoms with Crippen molar-refractivity contribution >= 4 is 17.3 Å². The Kier molecular flexibility index (Phi) is 4.73. The van der Waals surface area contributed by atoms with E-state index in [0.29, 0.717) is 6.54 Å². The molecular formula is C13H20N6S. The first-order valence-corrected chi connectivity index (χ1v) is 7.32. The topological polar surface area (TPSA) is 67.1 Å². The molecule has 108 valence electrons. The van der Waals surface area contributed by atoms with Crippen LogP contribution in [0.2, 0.25) is 0 Å². The Hall–Kier alpha value is -1.89. The summed E-state index contributed by atoms with van der Waals surface area (Å²) in [5.74, 6) is 2.55. The fraction of sp³-hybridized carbons (Fsp3) is 0.462. The largest absolute Gasteiger partial charge is 0.352 e. The van der Waals surface area contributed by atoms with Crippen molar-refractivity contribution in [1.82, 2.24) is 25.4 Å². The molecule has 0 fully saturated rings. The number of aryl methyl sites for hydroxylation is 2. The Bertz CT molecular complexity index is 598. The standard InChI is InChI=1S/C13H20N6S/c1-9-5-6-20-11(9)7-15-13(14-3)16-8-12-18-17-10(2)19(12)4/h5-6H,7-8H2,1-4H3,(H2,14,15,16). The zero-order valence-corrected chi connectivity index (χ0v) is 13.1. The highest BCUT2D eigenvalue weighted by molar-refractivity contribution is 7.10. The summed E-state index contributed by atoms with van der Waals surface area (Å²) in [6, 6.07) is 2.13. The molecule has 7 heteroatoms. The SMILES string of the molecule is CN=C(NCc1sccc1C)NCc1nnc(C)n1C. The number of hydrogen-bond acceptors (Lipinski definition) is 4. The molecule has 0 aliphatic heterocycles. The third-order valence-corrected chi connectivity index (χ3v) is 4.23. The summed E-state index contributed by atoms with van der Waals surface area (Å²) in [7, 11) is 3.72. The van der Waals surface area contributed by atoms with Gasteiger partial charge in [0.1, 0.15) is 5.82 Å². The lowest BCUT2D eigenvalue weighted by atomic mass is 10.3. The molecule has 20 heavy (non-hydrogen) atoms. The van der Waals surface area contributed by atoms with Gasteiger partial charge in [-0.15, -0.1) is 21.5 Å². The second kappa shape index (κ2) is 6.51. The van der Waals surface area contributed by atoms with Crippen molar-refractivity contribution in [3.05, 3.63) is 33.5 Å². The minimum Gasteiger partial charge on any atom is -0.352 e. The minimum absolute atomic E-state index is 0.598. The highest BCUT2D eigenvalue weighted by Crippen LogP contribution is 2.14. The smallest absolute Gasteiger partial charge is 0.191 e. The summed E-state index contributed by atoms with van der Waals surface area (Å²) >= 11 is 1.75. The van der Waals surface area contributed by atoms with Crippen molar-refractivity contribution in [1.29, 1.82) is 0 Å². The van der Waals surface area contributed by atoms with Crippen molar-refractivity contribution in [3.63, 3.8) is 0 Å². The summed E-state index contributed by atoms with van der Waals surface area (Å²) < 4.78 is 1.96. The van der Waals surface area contributed by atoms with Gasteiger partial charge in [0, 0.05) is 19.0 Å². The zero-order chi connectivity index (χ0) is 14.5. The van der Waals surface area contributed by atoms with Gasteiger partial charge in [-0.2, -0.15) is 0 Å². The van der Waals surface area contributed by atoms with Gasteiger partial charge in [-0.1, -0.05) is 0 Å². The molecule has 0 saturated heterocycles. The monoisotopic (exact) mass is 292 g/mol. The van der Waals surface area contributed by atoms with Gasteiger partial charge in [0.15, 0.2) is 11.8 Å². The average Bonchev–Trinajstić information content (AvgIpc) is 2.99. The molecule has 0 unspecified atom stereocenters. The van der Waals surface area contributed by atoms with Gasteiger partial charge in [0.25, 0.3) is 0 Å². The van der Waals surface area contributed by atoms with Gasteiger partial charge in [-0.3, -0.25) is 4.99 Å². The van der Waals surface area contributed by atoms with Crippen LogP contribution in [0, 0.1) is 13.8 Å². The van der Waals surface area contributed by atoms with Crippen molar-refractivity contribution in [2.45, 2.75) is 26.9 Å². The number of guanidine groups is 1. The van der Waals surface area contributed by atoms with Gasteiger partial charge < -0.3 is 15.2 Å². The molecule has 0 radical (unpaired) electrons. The van der Waals surface area contributed by atoms with Crippen LogP contribution in [-0.4, -0.2) is 27.8 Å². The number of aromatic nitrogens is 3. The lowest BCUT2D eigenvalue weighted by Gasteiger charge is -2.11. The predicted octanol–water partition coefficient (Wildman–Crippen LogP) is 1.36. The molecule has 0 atom stereocenters. The third-order valence-electron chi connectivity index (χ3n) is 3.20. The van der Waals surface area contributed by atoms with Crippen LogP contribution in [0.5, 0.6) is 0 Å². The summed E-state index contributed by atoms with van der Waals surface area (Å²) in [5.41, 5.74) is 1.31. The van der Waals surface area contributed by atoms with Crippen LogP contribution >= 0.6 is 11.3 Å².